The van der Waals surface area contributed by atoms with Crippen LogP contribution in [0.25, 0.3) is 10.9 Å². The van der Waals surface area contributed by atoms with Gasteiger partial charge < -0.3 is 4.57 Å². The number of hydrogen-bond donors (Lipinski definition) is 2. The molecule has 0 atom stereocenters. The fourth-order valence-electron chi connectivity index (χ4n) is 2.07. The lowest BCUT2D eigenvalue weighted by molar-refractivity contribution is -0.121. The Bertz CT molecular complexity index is 530. The monoisotopic (exact) mass is 231 g/mol. The summed E-state index contributed by atoms with van der Waals surface area (Å²) in [7, 11) is 3.72. The highest BCUT2D eigenvalue weighted by Gasteiger charge is 2.07. The first-order valence-electron chi connectivity index (χ1n) is 5.71. The number of benzene rings is 1. The predicted molar refractivity (Wildman–Crippen MR) is 68.4 cm³/mol. The summed E-state index contributed by atoms with van der Waals surface area (Å²) in [6.45, 7) is 0. The lowest BCUT2D eigenvalue weighted by Gasteiger charge is -2.01. The number of carbonyl (C=O) groups excluding carboxylic acids is 1. The minimum atomic E-state index is 0.0143. The number of fused-ring (bicyclic) bond motifs is 1. The van der Waals surface area contributed by atoms with Crippen LogP contribution in [0.3, 0.4) is 0 Å². The molecule has 0 spiro atoms. The van der Waals surface area contributed by atoms with Gasteiger partial charge in [-0.15, -0.1) is 0 Å². The Morgan fingerprint density at radius 3 is 2.88 bits per heavy atom. The smallest absolute Gasteiger partial charge is 0.234 e. The van der Waals surface area contributed by atoms with Gasteiger partial charge in [0.25, 0.3) is 0 Å². The summed E-state index contributed by atoms with van der Waals surface area (Å²) < 4.78 is 2.10. The highest BCUT2D eigenvalue weighted by molar-refractivity contribution is 5.84. The SMILES string of the molecule is CNNC(=O)CCc1cn(C)c2ccccc12. The molecule has 0 unspecified atom stereocenters. The molecule has 0 saturated heterocycles. The Hall–Kier alpha value is -1.81. The van der Waals surface area contributed by atoms with Gasteiger partial charge in [-0.1, -0.05) is 18.2 Å². The molecule has 1 heterocycles. The van der Waals surface area contributed by atoms with Crippen molar-refractivity contribution in [3.63, 3.8) is 0 Å². The van der Waals surface area contributed by atoms with E-state index < -0.39 is 0 Å². The standard InChI is InChI=1S/C13H17N3O/c1-14-15-13(17)8-7-10-9-16(2)12-6-4-3-5-11(10)12/h3-6,9,14H,7-8H2,1-2H3,(H,15,17). The average Bonchev–Trinajstić information content (AvgIpc) is 2.65. The number of aromatic nitrogens is 1. The van der Waals surface area contributed by atoms with Crippen molar-refractivity contribution in [1.29, 1.82) is 0 Å². The highest BCUT2D eigenvalue weighted by atomic mass is 16.2. The summed E-state index contributed by atoms with van der Waals surface area (Å²) in [6.07, 6.45) is 3.35. The van der Waals surface area contributed by atoms with E-state index in [0.717, 1.165) is 6.42 Å². The molecule has 0 fully saturated rings. The molecule has 0 aliphatic rings. The molecule has 1 aromatic carbocycles. The number of hydrazine groups is 1. The molecule has 90 valence electrons. The number of aryl methyl sites for hydroxylation is 2. The first-order chi connectivity index (χ1) is 8.22. The first-order valence-corrected chi connectivity index (χ1v) is 5.71. The van der Waals surface area contributed by atoms with E-state index in [1.807, 2.05) is 19.2 Å². The van der Waals surface area contributed by atoms with Crippen molar-refractivity contribution in [2.24, 2.45) is 7.05 Å². The third-order valence-electron chi connectivity index (χ3n) is 2.87. The molecule has 0 radical (unpaired) electrons. The molecular weight excluding hydrogens is 214 g/mol. The van der Waals surface area contributed by atoms with Crippen LogP contribution in [0.5, 0.6) is 0 Å². The molecule has 0 saturated carbocycles. The van der Waals surface area contributed by atoms with Crippen molar-refractivity contribution >= 4 is 16.8 Å². The Balaban J connectivity index is 2.16. The summed E-state index contributed by atoms with van der Waals surface area (Å²) in [6, 6.07) is 8.24. The summed E-state index contributed by atoms with van der Waals surface area (Å²) >= 11 is 0. The Morgan fingerprint density at radius 2 is 2.12 bits per heavy atom. The van der Waals surface area contributed by atoms with Gasteiger partial charge in [0, 0.05) is 37.6 Å². The fourth-order valence-corrected chi connectivity index (χ4v) is 2.07. The van der Waals surface area contributed by atoms with E-state index in [1.165, 1.54) is 16.5 Å². The van der Waals surface area contributed by atoms with Crippen molar-refractivity contribution < 1.29 is 4.79 Å². The second-order valence-electron chi connectivity index (χ2n) is 4.08. The van der Waals surface area contributed by atoms with Crippen LogP contribution in [0.15, 0.2) is 30.5 Å². The molecule has 4 nitrogen and oxygen atoms in total. The largest absolute Gasteiger partial charge is 0.350 e. The van der Waals surface area contributed by atoms with Crippen LogP contribution in [0.1, 0.15) is 12.0 Å². The Morgan fingerprint density at radius 1 is 1.35 bits per heavy atom. The van der Waals surface area contributed by atoms with Gasteiger partial charge in [0.05, 0.1) is 0 Å². The molecule has 2 rings (SSSR count). The molecule has 2 aromatic rings. The summed E-state index contributed by atoms with van der Waals surface area (Å²) in [5.74, 6) is 0.0143. The number of carbonyl (C=O) groups is 1. The molecule has 1 aromatic heterocycles. The number of amides is 1. The van der Waals surface area contributed by atoms with Gasteiger partial charge in [-0.25, -0.2) is 5.43 Å². The van der Waals surface area contributed by atoms with Crippen molar-refractivity contribution in [1.82, 2.24) is 15.4 Å². The van der Waals surface area contributed by atoms with Crippen LogP contribution in [0, 0.1) is 0 Å². The van der Waals surface area contributed by atoms with Gasteiger partial charge in [-0.2, -0.15) is 0 Å². The lowest BCUT2D eigenvalue weighted by atomic mass is 10.1. The Kier molecular flexibility index (Phi) is 3.44. The van der Waals surface area contributed by atoms with Crippen molar-refractivity contribution in [2.75, 3.05) is 7.05 Å². The molecule has 1 amide bonds. The average molecular weight is 231 g/mol. The number of hydrogen-bond acceptors (Lipinski definition) is 2. The maximum atomic E-state index is 11.4. The van der Waals surface area contributed by atoms with Gasteiger partial charge in [0.1, 0.15) is 0 Å². The molecular formula is C13H17N3O. The fraction of sp³-hybridized carbons (Fsp3) is 0.308. The maximum absolute atomic E-state index is 11.4. The van der Waals surface area contributed by atoms with E-state index in [2.05, 4.69) is 33.7 Å². The van der Waals surface area contributed by atoms with Crippen molar-refractivity contribution in [3.05, 3.63) is 36.0 Å². The second-order valence-corrected chi connectivity index (χ2v) is 4.08. The van der Waals surface area contributed by atoms with Crippen molar-refractivity contribution in [2.45, 2.75) is 12.8 Å². The van der Waals surface area contributed by atoms with Gasteiger partial charge in [-0.05, 0) is 18.1 Å². The normalized spacial score (nSPS) is 10.7. The molecule has 2 N–H and O–H groups in total. The van der Waals surface area contributed by atoms with Crippen LogP contribution >= 0.6 is 0 Å². The van der Waals surface area contributed by atoms with Crippen LogP contribution in [0.4, 0.5) is 0 Å². The minimum absolute atomic E-state index is 0.0143. The van der Waals surface area contributed by atoms with E-state index in [-0.39, 0.29) is 5.91 Å². The lowest BCUT2D eigenvalue weighted by Crippen LogP contribution is -2.34. The van der Waals surface area contributed by atoms with Crippen LogP contribution in [0.2, 0.25) is 0 Å². The first kappa shape index (κ1) is 11.7. The Labute approximate surface area is 101 Å². The highest BCUT2D eigenvalue weighted by Crippen LogP contribution is 2.21. The van der Waals surface area contributed by atoms with Crippen LogP contribution in [-0.4, -0.2) is 17.5 Å². The number of para-hydroxylation sites is 1. The van der Waals surface area contributed by atoms with E-state index in [9.17, 15) is 4.79 Å². The third-order valence-corrected chi connectivity index (χ3v) is 2.87. The number of rotatable bonds is 4. The van der Waals surface area contributed by atoms with Crippen LogP contribution in [-0.2, 0) is 18.3 Å². The maximum Gasteiger partial charge on any atom is 0.234 e. The van der Waals surface area contributed by atoms with E-state index in [1.54, 1.807) is 7.05 Å². The van der Waals surface area contributed by atoms with E-state index in [0.29, 0.717) is 6.42 Å². The summed E-state index contributed by atoms with van der Waals surface area (Å²) in [5.41, 5.74) is 7.64. The molecule has 0 aliphatic heterocycles. The molecule has 4 heteroatoms. The predicted octanol–water partition coefficient (Wildman–Crippen LogP) is 1.36. The van der Waals surface area contributed by atoms with Gasteiger partial charge in [-0.3, -0.25) is 10.2 Å². The van der Waals surface area contributed by atoms with E-state index in [4.69, 9.17) is 0 Å². The number of nitrogens with one attached hydrogen (secondary N) is 2. The second kappa shape index (κ2) is 5.01. The zero-order valence-corrected chi connectivity index (χ0v) is 10.2. The van der Waals surface area contributed by atoms with Crippen molar-refractivity contribution in [3.8, 4) is 0 Å². The minimum Gasteiger partial charge on any atom is -0.350 e. The van der Waals surface area contributed by atoms with Gasteiger partial charge in [0.15, 0.2) is 0 Å². The molecule has 0 bridgehead atoms. The zero-order chi connectivity index (χ0) is 12.3. The van der Waals surface area contributed by atoms with Crippen LogP contribution < -0.4 is 10.9 Å². The quantitative estimate of drug-likeness (QED) is 0.780. The van der Waals surface area contributed by atoms with Gasteiger partial charge >= 0.3 is 0 Å². The summed E-state index contributed by atoms with van der Waals surface area (Å²) in [4.78, 5) is 11.4. The molecule has 17 heavy (non-hydrogen) atoms. The molecule has 0 aliphatic carbocycles. The number of nitrogens with zero attached hydrogens (tertiary/aromatic N) is 1. The summed E-state index contributed by atoms with van der Waals surface area (Å²) in [5, 5.41) is 1.23. The van der Waals surface area contributed by atoms with E-state index >= 15 is 0 Å². The topological polar surface area (TPSA) is 46.1 Å². The van der Waals surface area contributed by atoms with Gasteiger partial charge in [0.2, 0.25) is 5.91 Å². The zero-order valence-electron chi connectivity index (χ0n) is 10.2. The third kappa shape index (κ3) is 2.47.